The molecule has 2 rings (SSSR count). The molecular formula is C20H26N4O. The van der Waals surface area contributed by atoms with Crippen LogP contribution in [-0.4, -0.2) is 16.2 Å². The zero-order valence-corrected chi connectivity index (χ0v) is 15.0. The number of unbranched alkanes of at least 4 members (excludes halogenated alkanes) is 3. The van der Waals surface area contributed by atoms with Crippen molar-refractivity contribution in [1.29, 1.82) is 0 Å². The second kappa shape index (κ2) is 10.2. The Kier molecular flexibility index (Phi) is 7.63. The van der Waals surface area contributed by atoms with E-state index in [2.05, 4.69) is 45.6 Å². The lowest BCUT2D eigenvalue weighted by Gasteiger charge is -2.04. The molecule has 0 amide bonds. The number of hydrogen-bond donors (Lipinski definition) is 2. The Balaban J connectivity index is 2.06. The Hall–Kier alpha value is -2.69. The van der Waals surface area contributed by atoms with Crippen molar-refractivity contribution in [2.24, 2.45) is 5.10 Å². The number of aromatic nitrogens is 2. The number of hydrazone groups is 1. The molecule has 1 heterocycles. The third-order valence-corrected chi connectivity index (χ3v) is 3.74. The molecule has 25 heavy (non-hydrogen) atoms. The zero-order chi connectivity index (χ0) is 17.9. The lowest BCUT2D eigenvalue weighted by atomic mass is 10.0. The summed E-state index contributed by atoms with van der Waals surface area (Å²) >= 11 is 0. The zero-order valence-electron chi connectivity index (χ0n) is 15.0. The molecule has 2 N–H and O–H groups in total. The van der Waals surface area contributed by atoms with Crippen molar-refractivity contribution < 1.29 is 0 Å². The van der Waals surface area contributed by atoms with Gasteiger partial charge in [-0.2, -0.15) is 5.10 Å². The molecule has 2 aromatic rings. The van der Waals surface area contributed by atoms with Crippen LogP contribution < -0.4 is 11.0 Å². The van der Waals surface area contributed by atoms with Gasteiger partial charge in [0, 0.05) is 11.8 Å². The van der Waals surface area contributed by atoms with Gasteiger partial charge in [0.15, 0.2) is 0 Å². The van der Waals surface area contributed by atoms with Crippen molar-refractivity contribution in [3.8, 4) is 0 Å². The summed E-state index contributed by atoms with van der Waals surface area (Å²) in [6.45, 7) is 3.99. The third kappa shape index (κ3) is 7.16. The molecule has 0 saturated carbocycles. The molecule has 132 valence electrons. The van der Waals surface area contributed by atoms with E-state index in [1.165, 1.54) is 25.3 Å². The van der Waals surface area contributed by atoms with Gasteiger partial charge in [-0.25, -0.2) is 10.4 Å². The van der Waals surface area contributed by atoms with Crippen molar-refractivity contribution in [2.45, 2.75) is 46.0 Å². The molecule has 0 unspecified atom stereocenters. The van der Waals surface area contributed by atoms with Gasteiger partial charge in [-0.1, -0.05) is 62.6 Å². The first-order valence-electron chi connectivity index (χ1n) is 8.80. The number of benzene rings is 1. The first-order chi connectivity index (χ1) is 12.2. The van der Waals surface area contributed by atoms with Crippen LogP contribution in [0.2, 0.25) is 0 Å². The van der Waals surface area contributed by atoms with Crippen LogP contribution in [-0.2, 0) is 0 Å². The fourth-order valence-corrected chi connectivity index (χ4v) is 2.50. The largest absolute Gasteiger partial charge is 0.291 e. The fraction of sp³-hybridized carbons (Fsp3) is 0.350. The van der Waals surface area contributed by atoms with E-state index < -0.39 is 0 Å². The number of nitrogens with zero attached hydrogens (tertiary/aromatic N) is 2. The standard InChI is InChI=1S/C20H26N4O/c1-3-4-5-7-12-18(14-17-10-8-6-9-11-17)15-21-24-20-22-16(2)13-19(25)23-20/h6,8-11,13-15H,3-5,7,12H2,1-2H3,(H2,22,23,24,25). The smallest absolute Gasteiger partial charge is 0.252 e. The highest BCUT2D eigenvalue weighted by molar-refractivity contribution is 5.85. The van der Waals surface area contributed by atoms with Gasteiger partial charge < -0.3 is 0 Å². The molecule has 1 aromatic heterocycles. The molecule has 0 atom stereocenters. The lowest BCUT2D eigenvalue weighted by molar-refractivity contribution is 0.671. The summed E-state index contributed by atoms with van der Waals surface area (Å²) < 4.78 is 0. The number of aryl methyl sites for hydroxylation is 1. The Labute approximate surface area is 148 Å². The summed E-state index contributed by atoms with van der Waals surface area (Å²) in [6.07, 6.45) is 9.75. The maximum atomic E-state index is 11.5. The molecule has 0 bridgehead atoms. The van der Waals surface area contributed by atoms with Crippen molar-refractivity contribution in [3.05, 3.63) is 63.6 Å². The topological polar surface area (TPSA) is 70.1 Å². The van der Waals surface area contributed by atoms with Gasteiger partial charge >= 0.3 is 0 Å². The van der Waals surface area contributed by atoms with Gasteiger partial charge in [0.05, 0.1) is 6.21 Å². The van der Waals surface area contributed by atoms with Gasteiger partial charge in [0.25, 0.3) is 5.56 Å². The van der Waals surface area contributed by atoms with E-state index >= 15 is 0 Å². The fourth-order valence-electron chi connectivity index (χ4n) is 2.50. The molecular weight excluding hydrogens is 312 g/mol. The minimum Gasteiger partial charge on any atom is -0.291 e. The molecule has 0 fully saturated rings. The molecule has 0 radical (unpaired) electrons. The summed E-state index contributed by atoms with van der Waals surface area (Å²) in [5, 5.41) is 4.24. The highest BCUT2D eigenvalue weighted by atomic mass is 16.1. The monoisotopic (exact) mass is 338 g/mol. The second-order valence-corrected chi connectivity index (χ2v) is 6.05. The minimum absolute atomic E-state index is 0.190. The molecule has 0 aliphatic rings. The van der Waals surface area contributed by atoms with Crippen LogP contribution >= 0.6 is 0 Å². The second-order valence-electron chi connectivity index (χ2n) is 6.05. The van der Waals surface area contributed by atoms with Crippen LogP contribution in [0, 0.1) is 6.92 Å². The first-order valence-corrected chi connectivity index (χ1v) is 8.80. The molecule has 0 aliphatic carbocycles. The molecule has 0 aliphatic heterocycles. The predicted molar refractivity (Wildman–Crippen MR) is 105 cm³/mol. The van der Waals surface area contributed by atoms with Gasteiger partial charge in [0.1, 0.15) is 0 Å². The number of rotatable bonds is 9. The van der Waals surface area contributed by atoms with E-state index in [-0.39, 0.29) is 5.56 Å². The number of allylic oxidation sites excluding steroid dienone is 1. The highest BCUT2D eigenvalue weighted by Crippen LogP contribution is 2.13. The van der Waals surface area contributed by atoms with E-state index in [0.29, 0.717) is 11.6 Å². The van der Waals surface area contributed by atoms with E-state index in [1.54, 1.807) is 13.1 Å². The maximum Gasteiger partial charge on any atom is 0.252 e. The number of nitrogens with one attached hydrogen (secondary N) is 2. The SMILES string of the molecule is CCCCCCC(C=NNc1nc(C)cc(=O)[nH]1)=Cc1ccccc1. The van der Waals surface area contributed by atoms with E-state index in [0.717, 1.165) is 24.0 Å². The van der Waals surface area contributed by atoms with Gasteiger partial charge in [-0.3, -0.25) is 9.78 Å². The van der Waals surface area contributed by atoms with E-state index in [1.807, 2.05) is 18.2 Å². The van der Waals surface area contributed by atoms with E-state index in [9.17, 15) is 4.79 Å². The lowest BCUT2D eigenvalue weighted by Crippen LogP contribution is -2.10. The normalized spacial score (nSPS) is 11.8. The number of H-pyrrole nitrogens is 1. The number of aromatic amines is 1. The van der Waals surface area contributed by atoms with Crippen LogP contribution in [0.3, 0.4) is 0 Å². The summed E-state index contributed by atoms with van der Waals surface area (Å²) in [4.78, 5) is 18.3. The average Bonchev–Trinajstić information content (AvgIpc) is 2.58. The molecule has 5 nitrogen and oxygen atoms in total. The van der Waals surface area contributed by atoms with Crippen molar-refractivity contribution >= 4 is 18.2 Å². The van der Waals surface area contributed by atoms with Gasteiger partial charge in [-0.05, 0) is 30.9 Å². The van der Waals surface area contributed by atoms with E-state index in [4.69, 9.17) is 0 Å². The third-order valence-electron chi connectivity index (χ3n) is 3.74. The van der Waals surface area contributed by atoms with Crippen LogP contribution in [0.25, 0.3) is 6.08 Å². The number of hydrogen-bond acceptors (Lipinski definition) is 4. The molecule has 0 saturated heterocycles. The summed E-state index contributed by atoms with van der Waals surface area (Å²) in [5.41, 5.74) is 5.57. The summed E-state index contributed by atoms with van der Waals surface area (Å²) in [7, 11) is 0. The Bertz CT molecular complexity index is 763. The summed E-state index contributed by atoms with van der Waals surface area (Å²) in [6, 6.07) is 11.7. The van der Waals surface area contributed by atoms with Crippen molar-refractivity contribution in [2.75, 3.05) is 5.43 Å². The Morgan fingerprint density at radius 3 is 2.76 bits per heavy atom. The quantitative estimate of drug-likeness (QED) is 0.401. The highest BCUT2D eigenvalue weighted by Gasteiger charge is 1.98. The Morgan fingerprint density at radius 2 is 2.04 bits per heavy atom. The minimum atomic E-state index is -0.190. The van der Waals surface area contributed by atoms with Crippen LogP contribution in [0.1, 0.15) is 50.3 Å². The van der Waals surface area contributed by atoms with Gasteiger partial charge in [0.2, 0.25) is 5.95 Å². The van der Waals surface area contributed by atoms with Crippen LogP contribution in [0.5, 0.6) is 0 Å². The molecule has 0 spiro atoms. The summed E-state index contributed by atoms with van der Waals surface area (Å²) in [5.74, 6) is 0.353. The van der Waals surface area contributed by atoms with Crippen molar-refractivity contribution in [1.82, 2.24) is 9.97 Å². The number of anilines is 1. The van der Waals surface area contributed by atoms with Crippen LogP contribution in [0.15, 0.2) is 51.9 Å². The van der Waals surface area contributed by atoms with Gasteiger partial charge in [-0.15, -0.1) is 0 Å². The Morgan fingerprint density at radius 1 is 1.24 bits per heavy atom. The molecule has 5 heteroatoms. The average molecular weight is 338 g/mol. The molecule has 1 aromatic carbocycles. The van der Waals surface area contributed by atoms with Crippen LogP contribution in [0.4, 0.5) is 5.95 Å². The van der Waals surface area contributed by atoms with Crippen molar-refractivity contribution in [3.63, 3.8) is 0 Å². The predicted octanol–water partition coefficient (Wildman–Crippen LogP) is 4.53. The maximum absolute atomic E-state index is 11.5. The first kappa shape index (κ1) is 18.6.